The summed E-state index contributed by atoms with van der Waals surface area (Å²) in [5.41, 5.74) is 1.64. The zero-order valence-electron chi connectivity index (χ0n) is 12.1. The van der Waals surface area contributed by atoms with Crippen molar-refractivity contribution in [1.29, 1.82) is 0 Å². The van der Waals surface area contributed by atoms with Crippen LogP contribution in [0.4, 0.5) is 0 Å². The number of hydrogen-bond donors (Lipinski definition) is 1. The van der Waals surface area contributed by atoms with Gasteiger partial charge in [0.2, 0.25) is 0 Å². The van der Waals surface area contributed by atoms with Crippen molar-refractivity contribution in [3.8, 4) is 0 Å². The zero-order valence-corrected chi connectivity index (χ0v) is 13.8. The second-order valence-corrected chi connectivity index (χ2v) is 8.59. The molecule has 1 aromatic heterocycles. The minimum Gasteiger partial charge on any atom is -0.308 e. The van der Waals surface area contributed by atoms with E-state index in [4.69, 9.17) is 0 Å². The van der Waals surface area contributed by atoms with Crippen LogP contribution in [0.2, 0.25) is 0 Å². The van der Waals surface area contributed by atoms with Gasteiger partial charge in [-0.3, -0.25) is 0 Å². The summed E-state index contributed by atoms with van der Waals surface area (Å²) in [6, 6.07) is 3.00. The van der Waals surface area contributed by atoms with Gasteiger partial charge in [-0.25, -0.2) is 0 Å². The Morgan fingerprint density at radius 3 is 2.74 bits per heavy atom. The lowest BCUT2D eigenvalue weighted by Gasteiger charge is -2.41. The fraction of sp³-hybridized carbons (Fsp3) is 0.750. The van der Waals surface area contributed by atoms with E-state index < -0.39 is 0 Å². The van der Waals surface area contributed by atoms with E-state index in [1.165, 1.54) is 51.5 Å². The summed E-state index contributed by atoms with van der Waals surface area (Å²) in [7, 11) is 0. The predicted molar refractivity (Wildman–Crippen MR) is 87.5 cm³/mol. The van der Waals surface area contributed by atoms with Crippen LogP contribution in [-0.4, -0.2) is 17.5 Å². The van der Waals surface area contributed by atoms with Crippen molar-refractivity contribution < 1.29 is 0 Å². The molecule has 106 valence electrons. The number of hydrogen-bond acceptors (Lipinski definition) is 3. The van der Waals surface area contributed by atoms with Crippen LogP contribution >= 0.6 is 23.1 Å². The number of nitrogens with one attached hydrogen (secondary N) is 1. The van der Waals surface area contributed by atoms with Gasteiger partial charge in [0, 0.05) is 27.1 Å². The number of thioether (sulfide) groups is 1. The first-order valence-electron chi connectivity index (χ1n) is 7.62. The summed E-state index contributed by atoms with van der Waals surface area (Å²) >= 11 is 4.12. The van der Waals surface area contributed by atoms with Crippen molar-refractivity contribution in [2.75, 3.05) is 12.8 Å². The lowest BCUT2D eigenvalue weighted by molar-refractivity contribution is 0.335. The van der Waals surface area contributed by atoms with Crippen LogP contribution in [0.15, 0.2) is 6.07 Å². The molecule has 1 N–H and O–H groups in total. The molecule has 19 heavy (non-hydrogen) atoms. The topological polar surface area (TPSA) is 12.0 Å². The van der Waals surface area contributed by atoms with Gasteiger partial charge in [-0.05, 0) is 63.3 Å². The van der Waals surface area contributed by atoms with Gasteiger partial charge in [0.1, 0.15) is 0 Å². The van der Waals surface area contributed by atoms with Crippen molar-refractivity contribution in [1.82, 2.24) is 5.32 Å². The molecule has 0 spiro atoms. The fourth-order valence-electron chi connectivity index (χ4n) is 3.19. The van der Waals surface area contributed by atoms with Crippen LogP contribution in [0.25, 0.3) is 0 Å². The highest BCUT2D eigenvalue weighted by Crippen LogP contribution is 2.42. The van der Waals surface area contributed by atoms with E-state index in [1.54, 1.807) is 15.3 Å². The Kier molecular flexibility index (Phi) is 4.25. The maximum absolute atomic E-state index is 3.79. The maximum Gasteiger partial charge on any atom is 0.0386 e. The first-order valence-corrected chi connectivity index (χ1v) is 9.67. The molecule has 1 aromatic rings. The Hall–Kier alpha value is 0.01000. The monoisotopic (exact) mass is 295 g/mol. The van der Waals surface area contributed by atoms with Gasteiger partial charge < -0.3 is 5.32 Å². The molecule has 0 aliphatic heterocycles. The molecule has 3 heteroatoms. The molecule has 0 aromatic carbocycles. The van der Waals surface area contributed by atoms with Gasteiger partial charge in [0.05, 0.1) is 0 Å². The predicted octanol–water partition coefficient (Wildman–Crippen LogP) is 4.56. The van der Waals surface area contributed by atoms with Gasteiger partial charge in [-0.1, -0.05) is 6.42 Å². The molecule has 0 bridgehead atoms. The summed E-state index contributed by atoms with van der Waals surface area (Å²) < 4.78 is 0.547. The van der Waals surface area contributed by atoms with E-state index in [9.17, 15) is 0 Å². The first-order chi connectivity index (χ1) is 9.22. The zero-order chi connectivity index (χ0) is 13.3. The highest BCUT2D eigenvalue weighted by Gasteiger charge is 2.36. The van der Waals surface area contributed by atoms with Crippen molar-refractivity contribution >= 4 is 23.1 Å². The van der Waals surface area contributed by atoms with Crippen LogP contribution in [0.3, 0.4) is 0 Å². The van der Waals surface area contributed by atoms with E-state index in [0.29, 0.717) is 10.8 Å². The van der Waals surface area contributed by atoms with Crippen LogP contribution in [-0.2, 0) is 12.8 Å². The Bertz CT molecular complexity index is 405. The maximum atomic E-state index is 3.79. The third-order valence-corrected chi connectivity index (χ3v) is 7.71. The average Bonchev–Trinajstić information content (AvgIpc) is 2.81. The molecular formula is C16H25NS2. The number of rotatable bonds is 5. The van der Waals surface area contributed by atoms with Crippen molar-refractivity contribution in [3.63, 3.8) is 0 Å². The molecular weight excluding hydrogens is 270 g/mol. The van der Waals surface area contributed by atoms with Crippen LogP contribution in [0.1, 0.15) is 60.4 Å². The highest BCUT2D eigenvalue weighted by atomic mass is 32.2. The smallest absolute Gasteiger partial charge is 0.0386 e. The molecule has 1 unspecified atom stereocenters. The van der Waals surface area contributed by atoms with E-state index in [-0.39, 0.29) is 0 Å². The Morgan fingerprint density at radius 1 is 1.32 bits per heavy atom. The molecule has 0 amide bonds. The molecule has 1 atom stereocenters. The Labute approximate surface area is 125 Å². The standard InChI is InChI=1S/C16H25NS2/c1-12(17-11-16(18-2)8-5-9-16)15-10-13-6-3-4-7-14(13)19-15/h10,12,17H,3-9,11H2,1-2H3. The second-order valence-electron chi connectivity index (χ2n) is 6.15. The summed E-state index contributed by atoms with van der Waals surface area (Å²) in [5, 5.41) is 3.79. The number of fused-ring (bicyclic) bond motifs is 1. The Balaban J connectivity index is 1.60. The molecule has 2 aliphatic rings. The molecule has 1 nitrogen and oxygen atoms in total. The van der Waals surface area contributed by atoms with E-state index in [2.05, 4.69) is 47.7 Å². The van der Waals surface area contributed by atoms with Crippen molar-refractivity contribution in [2.24, 2.45) is 0 Å². The summed E-state index contributed by atoms with van der Waals surface area (Å²) in [6.45, 7) is 3.52. The van der Waals surface area contributed by atoms with Gasteiger partial charge in [0.15, 0.2) is 0 Å². The average molecular weight is 296 g/mol. The highest BCUT2D eigenvalue weighted by molar-refractivity contribution is 8.00. The Morgan fingerprint density at radius 2 is 2.11 bits per heavy atom. The number of aryl methyl sites for hydroxylation is 2. The van der Waals surface area contributed by atoms with Gasteiger partial charge in [-0.15, -0.1) is 11.3 Å². The summed E-state index contributed by atoms with van der Waals surface area (Å²) in [5.74, 6) is 0. The van der Waals surface area contributed by atoms with Crippen LogP contribution < -0.4 is 5.32 Å². The quantitative estimate of drug-likeness (QED) is 0.854. The summed E-state index contributed by atoms with van der Waals surface area (Å²) in [4.78, 5) is 3.22. The van der Waals surface area contributed by atoms with Crippen molar-refractivity contribution in [3.05, 3.63) is 21.4 Å². The normalized spacial score (nSPS) is 22.6. The van der Waals surface area contributed by atoms with Crippen LogP contribution in [0.5, 0.6) is 0 Å². The van der Waals surface area contributed by atoms with E-state index >= 15 is 0 Å². The minimum absolute atomic E-state index is 0.528. The molecule has 1 saturated carbocycles. The lowest BCUT2D eigenvalue weighted by Crippen LogP contribution is -2.43. The van der Waals surface area contributed by atoms with E-state index in [1.807, 2.05) is 0 Å². The first kappa shape index (κ1) is 14.0. The SMILES string of the molecule is CSC1(CNC(C)c2cc3c(s2)CCCC3)CCC1. The van der Waals surface area contributed by atoms with Gasteiger partial charge in [-0.2, -0.15) is 11.8 Å². The molecule has 1 heterocycles. The van der Waals surface area contributed by atoms with E-state index in [0.717, 1.165) is 0 Å². The third-order valence-electron chi connectivity index (χ3n) is 4.87. The van der Waals surface area contributed by atoms with Gasteiger partial charge >= 0.3 is 0 Å². The molecule has 1 fully saturated rings. The summed E-state index contributed by atoms with van der Waals surface area (Å²) in [6.07, 6.45) is 11.9. The molecule has 2 aliphatic carbocycles. The molecule has 3 rings (SSSR count). The van der Waals surface area contributed by atoms with Gasteiger partial charge in [0.25, 0.3) is 0 Å². The fourth-order valence-corrected chi connectivity index (χ4v) is 5.40. The number of thiophene rings is 1. The third kappa shape index (κ3) is 2.88. The minimum atomic E-state index is 0.528. The molecule has 0 radical (unpaired) electrons. The van der Waals surface area contributed by atoms with Crippen LogP contribution in [0, 0.1) is 0 Å². The lowest BCUT2D eigenvalue weighted by atomic mass is 9.84. The second kappa shape index (κ2) is 5.79. The molecule has 0 saturated heterocycles. The largest absolute Gasteiger partial charge is 0.308 e. The van der Waals surface area contributed by atoms with Crippen molar-refractivity contribution in [2.45, 2.75) is 62.7 Å².